The van der Waals surface area contributed by atoms with E-state index in [1.165, 1.54) is 4.90 Å². The van der Waals surface area contributed by atoms with Gasteiger partial charge in [-0.2, -0.15) is 0 Å². The van der Waals surface area contributed by atoms with Crippen molar-refractivity contribution in [2.45, 2.75) is 4.95 Å². The standard InChI is InChI=1S/C23H16BrNO2/c24-21(18-14-8-3-9-15-18)25-22(26)19(16-10-4-1-5-11-16)20(23(25)27)17-12-6-2-7-13-17/h1-15,21H. The van der Waals surface area contributed by atoms with E-state index in [1.807, 2.05) is 91.0 Å². The van der Waals surface area contributed by atoms with E-state index in [9.17, 15) is 9.59 Å². The summed E-state index contributed by atoms with van der Waals surface area (Å²) in [5.74, 6) is -0.591. The number of hydrogen-bond donors (Lipinski definition) is 0. The number of hydrogen-bond acceptors (Lipinski definition) is 2. The summed E-state index contributed by atoms with van der Waals surface area (Å²) in [6.07, 6.45) is 0. The van der Waals surface area contributed by atoms with Gasteiger partial charge in [0.05, 0.1) is 11.1 Å². The van der Waals surface area contributed by atoms with Crippen LogP contribution in [0, 0.1) is 0 Å². The van der Waals surface area contributed by atoms with Crippen molar-refractivity contribution in [2.24, 2.45) is 0 Å². The van der Waals surface area contributed by atoms with E-state index in [-0.39, 0.29) is 11.8 Å². The molecule has 27 heavy (non-hydrogen) atoms. The molecule has 0 spiro atoms. The normalized spacial score (nSPS) is 15.4. The maximum Gasteiger partial charge on any atom is 0.263 e. The summed E-state index contributed by atoms with van der Waals surface area (Å²) in [5, 5.41) is 0. The third-order valence-corrected chi connectivity index (χ3v) is 5.48. The van der Waals surface area contributed by atoms with Gasteiger partial charge in [0.25, 0.3) is 11.8 Å². The van der Waals surface area contributed by atoms with Crippen molar-refractivity contribution in [3.8, 4) is 0 Å². The molecule has 0 saturated carbocycles. The van der Waals surface area contributed by atoms with E-state index in [1.54, 1.807) is 0 Å². The van der Waals surface area contributed by atoms with Gasteiger partial charge >= 0.3 is 0 Å². The van der Waals surface area contributed by atoms with Crippen LogP contribution < -0.4 is 0 Å². The highest BCUT2D eigenvalue weighted by molar-refractivity contribution is 9.09. The van der Waals surface area contributed by atoms with Crippen molar-refractivity contribution in [1.82, 2.24) is 4.90 Å². The van der Waals surface area contributed by atoms with Crippen LogP contribution in [-0.2, 0) is 9.59 Å². The van der Waals surface area contributed by atoms with Crippen molar-refractivity contribution >= 4 is 38.9 Å². The number of imide groups is 1. The molecule has 0 fully saturated rings. The number of alkyl halides is 1. The van der Waals surface area contributed by atoms with Crippen LogP contribution in [0.1, 0.15) is 21.6 Å². The highest BCUT2D eigenvalue weighted by Gasteiger charge is 2.42. The summed E-state index contributed by atoms with van der Waals surface area (Å²) in [7, 11) is 0. The molecule has 1 aliphatic rings. The van der Waals surface area contributed by atoms with Crippen LogP contribution in [0.3, 0.4) is 0 Å². The second kappa shape index (κ2) is 7.33. The van der Waals surface area contributed by atoms with Gasteiger partial charge in [-0.25, -0.2) is 0 Å². The van der Waals surface area contributed by atoms with Gasteiger partial charge < -0.3 is 0 Å². The van der Waals surface area contributed by atoms with E-state index < -0.39 is 4.95 Å². The summed E-state index contributed by atoms with van der Waals surface area (Å²) in [4.78, 5) is 27.4. The first-order valence-corrected chi connectivity index (χ1v) is 9.52. The Hall–Kier alpha value is -2.98. The molecular formula is C23H16BrNO2. The van der Waals surface area contributed by atoms with Gasteiger partial charge in [0.15, 0.2) is 0 Å². The fourth-order valence-electron chi connectivity index (χ4n) is 3.26. The molecule has 0 aromatic heterocycles. The predicted molar refractivity (Wildman–Crippen MR) is 110 cm³/mol. The van der Waals surface area contributed by atoms with Gasteiger partial charge in [-0.05, 0) is 16.7 Å². The van der Waals surface area contributed by atoms with Crippen LogP contribution in [0.15, 0.2) is 91.0 Å². The van der Waals surface area contributed by atoms with Crippen molar-refractivity contribution < 1.29 is 9.59 Å². The fourth-order valence-corrected chi connectivity index (χ4v) is 3.94. The molecule has 0 radical (unpaired) electrons. The van der Waals surface area contributed by atoms with Gasteiger partial charge in [-0.15, -0.1) is 0 Å². The quantitative estimate of drug-likeness (QED) is 0.338. The Morgan fingerprint density at radius 2 is 0.963 bits per heavy atom. The molecule has 3 nitrogen and oxygen atoms in total. The van der Waals surface area contributed by atoms with Crippen molar-refractivity contribution in [3.05, 3.63) is 108 Å². The third-order valence-electron chi connectivity index (χ3n) is 4.54. The zero-order valence-electron chi connectivity index (χ0n) is 14.4. The Morgan fingerprint density at radius 1 is 0.593 bits per heavy atom. The van der Waals surface area contributed by atoms with Crippen molar-refractivity contribution in [2.75, 3.05) is 0 Å². The zero-order chi connectivity index (χ0) is 18.8. The molecule has 1 heterocycles. The molecule has 1 atom stereocenters. The summed E-state index contributed by atoms with van der Waals surface area (Å²) in [6.45, 7) is 0. The molecule has 3 aromatic rings. The Bertz CT molecular complexity index is 953. The zero-order valence-corrected chi connectivity index (χ0v) is 16.0. The van der Waals surface area contributed by atoms with Gasteiger partial charge in [0.1, 0.15) is 4.95 Å². The van der Waals surface area contributed by atoms with E-state index >= 15 is 0 Å². The molecule has 4 heteroatoms. The molecular weight excluding hydrogens is 402 g/mol. The number of benzene rings is 3. The molecule has 4 rings (SSSR count). The van der Waals surface area contributed by atoms with E-state index in [0.717, 1.165) is 16.7 Å². The Kier molecular flexibility index (Phi) is 4.73. The summed E-state index contributed by atoms with van der Waals surface area (Å²) >= 11 is 3.55. The highest BCUT2D eigenvalue weighted by Crippen LogP contribution is 2.41. The van der Waals surface area contributed by atoms with Crippen LogP contribution in [-0.4, -0.2) is 16.7 Å². The summed E-state index contributed by atoms with van der Waals surface area (Å²) < 4.78 is 0. The maximum absolute atomic E-state index is 13.3. The molecule has 0 saturated heterocycles. The lowest BCUT2D eigenvalue weighted by molar-refractivity contribution is -0.136. The average molecular weight is 418 g/mol. The van der Waals surface area contributed by atoms with Crippen LogP contribution >= 0.6 is 15.9 Å². The van der Waals surface area contributed by atoms with Crippen molar-refractivity contribution in [3.63, 3.8) is 0 Å². The number of carbonyl (C=O) groups excluding carboxylic acids is 2. The molecule has 0 aliphatic carbocycles. The lowest BCUT2D eigenvalue weighted by Crippen LogP contribution is -2.32. The minimum Gasteiger partial charge on any atom is -0.268 e. The monoisotopic (exact) mass is 417 g/mol. The molecule has 1 aliphatic heterocycles. The SMILES string of the molecule is O=C1C(c2ccccc2)=C(c2ccccc2)C(=O)N1C(Br)c1ccccc1. The average Bonchev–Trinajstić information content (AvgIpc) is 2.99. The topological polar surface area (TPSA) is 37.4 Å². The first kappa shape index (κ1) is 17.4. The van der Waals surface area contributed by atoms with Crippen LogP contribution in [0.5, 0.6) is 0 Å². The number of amides is 2. The van der Waals surface area contributed by atoms with E-state index in [4.69, 9.17) is 0 Å². The Balaban J connectivity index is 1.85. The van der Waals surface area contributed by atoms with Gasteiger partial charge in [0, 0.05) is 0 Å². The first-order valence-electron chi connectivity index (χ1n) is 8.60. The van der Waals surface area contributed by atoms with Gasteiger partial charge in [-0.1, -0.05) is 107 Å². The lowest BCUT2D eigenvalue weighted by atomic mass is 9.96. The number of carbonyl (C=O) groups is 2. The third kappa shape index (κ3) is 3.13. The highest BCUT2D eigenvalue weighted by atomic mass is 79.9. The Labute approximate surface area is 166 Å². The maximum atomic E-state index is 13.3. The summed E-state index contributed by atoms with van der Waals surface area (Å²) in [5.41, 5.74) is 3.20. The minimum absolute atomic E-state index is 0.296. The second-order valence-electron chi connectivity index (χ2n) is 6.21. The molecule has 0 bridgehead atoms. The fraction of sp³-hybridized carbons (Fsp3) is 0.0435. The van der Waals surface area contributed by atoms with E-state index in [0.29, 0.717) is 11.1 Å². The van der Waals surface area contributed by atoms with E-state index in [2.05, 4.69) is 15.9 Å². The lowest BCUT2D eigenvalue weighted by Gasteiger charge is -2.22. The molecule has 3 aromatic carbocycles. The molecule has 2 amide bonds. The van der Waals surface area contributed by atoms with Gasteiger partial charge in [-0.3, -0.25) is 14.5 Å². The van der Waals surface area contributed by atoms with Crippen LogP contribution in [0.25, 0.3) is 11.1 Å². The minimum atomic E-state index is -0.529. The number of halogens is 1. The number of rotatable bonds is 4. The molecule has 132 valence electrons. The summed E-state index contributed by atoms with van der Waals surface area (Å²) in [6, 6.07) is 28.2. The number of nitrogens with zero attached hydrogens (tertiary/aromatic N) is 1. The van der Waals surface area contributed by atoms with Crippen LogP contribution in [0.2, 0.25) is 0 Å². The smallest absolute Gasteiger partial charge is 0.263 e. The predicted octanol–water partition coefficient (Wildman–Crippen LogP) is 5.06. The van der Waals surface area contributed by atoms with Crippen LogP contribution in [0.4, 0.5) is 0 Å². The Morgan fingerprint density at radius 3 is 1.37 bits per heavy atom. The molecule has 0 N–H and O–H groups in total. The first-order chi connectivity index (χ1) is 13.2. The molecule has 1 unspecified atom stereocenters. The van der Waals surface area contributed by atoms with Gasteiger partial charge in [0.2, 0.25) is 0 Å². The van der Waals surface area contributed by atoms with Crippen molar-refractivity contribution in [1.29, 1.82) is 0 Å². The largest absolute Gasteiger partial charge is 0.268 e. The second-order valence-corrected chi connectivity index (χ2v) is 7.08.